The van der Waals surface area contributed by atoms with E-state index in [9.17, 15) is 4.79 Å². The molecule has 1 aromatic heterocycles. The second-order valence-corrected chi connectivity index (χ2v) is 7.93. The highest BCUT2D eigenvalue weighted by Crippen LogP contribution is 2.34. The highest BCUT2D eigenvalue weighted by Gasteiger charge is 2.36. The maximum Gasteiger partial charge on any atom is 0.261 e. The molecule has 1 N–H and O–H groups in total. The van der Waals surface area contributed by atoms with E-state index in [1.54, 1.807) is 0 Å². The Balaban J connectivity index is 0.00000205. The summed E-state index contributed by atoms with van der Waals surface area (Å²) >= 11 is 0. The van der Waals surface area contributed by atoms with Gasteiger partial charge in [-0.1, -0.05) is 35.5 Å². The number of hydrogen-bond donors (Lipinski definition) is 1. The van der Waals surface area contributed by atoms with Gasteiger partial charge >= 0.3 is 0 Å². The molecule has 156 valence electrons. The molecule has 4 fully saturated rings. The van der Waals surface area contributed by atoms with Crippen LogP contribution >= 0.6 is 12.4 Å². The Kier molecular flexibility index (Phi) is 6.08. The first-order chi connectivity index (χ1) is 13.8. The molecule has 2 aromatic rings. The Bertz CT molecular complexity index is 816. The number of carbonyl (C=O) groups is 1. The second kappa shape index (κ2) is 8.73. The molecule has 6 rings (SSSR count). The maximum absolute atomic E-state index is 13.7. The molecule has 2 bridgehead atoms. The van der Waals surface area contributed by atoms with Crippen molar-refractivity contribution in [2.75, 3.05) is 50.8 Å². The molecular weight excluding hydrogens is 392 g/mol. The van der Waals surface area contributed by atoms with Crippen molar-refractivity contribution in [3.63, 3.8) is 0 Å². The number of anilines is 1. The monoisotopic (exact) mass is 418 g/mol. The van der Waals surface area contributed by atoms with Gasteiger partial charge in [0.05, 0.1) is 13.2 Å². The minimum absolute atomic E-state index is 0. The fourth-order valence-corrected chi connectivity index (χ4v) is 4.51. The summed E-state index contributed by atoms with van der Waals surface area (Å²) in [5.41, 5.74) is 1.48. The zero-order valence-electron chi connectivity index (χ0n) is 16.4. The van der Waals surface area contributed by atoms with Gasteiger partial charge in [0.1, 0.15) is 5.56 Å². The van der Waals surface area contributed by atoms with Gasteiger partial charge in [0.25, 0.3) is 5.91 Å². The van der Waals surface area contributed by atoms with Crippen LogP contribution < -0.4 is 10.2 Å². The van der Waals surface area contributed by atoms with E-state index in [1.807, 2.05) is 35.2 Å². The summed E-state index contributed by atoms with van der Waals surface area (Å²) in [6.45, 7) is 5.25. The number of morpholine rings is 1. The lowest BCUT2D eigenvalue weighted by atomic mass is 9.97. The van der Waals surface area contributed by atoms with Gasteiger partial charge in [-0.3, -0.25) is 4.79 Å². The average molecular weight is 419 g/mol. The molecule has 4 aliphatic heterocycles. The van der Waals surface area contributed by atoms with Crippen LogP contribution in [0.1, 0.15) is 23.2 Å². The number of ether oxygens (including phenoxy) is 1. The van der Waals surface area contributed by atoms with Gasteiger partial charge in [0, 0.05) is 37.8 Å². The first-order valence-electron chi connectivity index (χ1n) is 10.2. The van der Waals surface area contributed by atoms with E-state index in [-0.39, 0.29) is 18.3 Å². The fourth-order valence-electron chi connectivity index (χ4n) is 4.51. The summed E-state index contributed by atoms with van der Waals surface area (Å²) in [6, 6.07) is 10.2. The summed E-state index contributed by atoms with van der Waals surface area (Å²) in [7, 11) is 0. The standard InChI is InChI=1S/C21H26N4O3.ClH/c26-21(25-13-15-6-7-17(14-25)22-12-15)18-19(16-4-2-1-3-5-16)28-23-20(18)24-8-10-27-11-9-24;/h1-5,15,17,22H,6-14H2;1H/t15-,17-;/m0./s1. The van der Waals surface area contributed by atoms with Crippen LogP contribution in [0.25, 0.3) is 11.3 Å². The summed E-state index contributed by atoms with van der Waals surface area (Å²) < 4.78 is 11.2. The first kappa shape index (κ1) is 20.2. The predicted molar refractivity (Wildman–Crippen MR) is 113 cm³/mol. The Hall–Kier alpha value is -2.09. The first-order valence-corrected chi connectivity index (χ1v) is 10.2. The van der Waals surface area contributed by atoms with Crippen molar-refractivity contribution in [3.8, 4) is 11.3 Å². The maximum atomic E-state index is 13.7. The molecular formula is C21H27ClN4O3. The Morgan fingerprint density at radius 3 is 2.62 bits per heavy atom. The van der Waals surface area contributed by atoms with E-state index in [1.165, 1.54) is 6.42 Å². The molecule has 7 nitrogen and oxygen atoms in total. The van der Waals surface area contributed by atoms with Crippen LogP contribution in [0.2, 0.25) is 0 Å². The molecule has 2 atom stereocenters. The highest BCUT2D eigenvalue weighted by molar-refractivity contribution is 6.04. The number of amides is 1. The van der Waals surface area contributed by atoms with E-state index in [0.29, 0.717) is 55.4 Å². The summed E-state index contributed by atoms with van der Waals surface area (Å²) in [5.74, 6) is 1.77. The lowest BCUT2D eigenvalue weighted by Gasteiger charge is -2.28. The highest BCUT2D eigenvalue weighted by atomic mass is 35.5. The zero-order valence-corrected chi connectivity index (χ0v) is 17.2. The smallest absolute Gasteiger partial charge is 0.261 e. The Morgan fingerprint density at radius 1 is 1.10 bits per heavy atom. The number of halogens is 1. The van der Waals surface area contributed by atoms with Gasteiger partial charge in [-0.2, -0.15) is 0 Å². The molecule has 29 heavy (non-hydrogen) atoms. The second-order valence-electron chi connectivity index (χ2n) is 7.93. The third-order valence-corrected chi connectivity index (χ3v) is 6.06. The van der Waals surface area contributed by atoms with Gasteiger partial charge in [0.2, 0.25) is 0 Å². The number of aromatic nitrogens is 1. The number of carbonyl (C=O) groups excluding carboxylic acids is 1. The van der Waals surface area contributed by atoms with E-state index < -0.39 is 0 Å². The van der Waals surface area contributed by atoms with Crippen LogP contribution in [-0.2, 0) is 4.74 Å². The summed E-state index contributed by atoms with van der Waals surface area (Å²) in [5, 5.41) is 7.92. The molecule has 4 aliphatic rings. The third kappa shape index (κ3) is 3.99. The molecule has 1 aromatic carbocycles. The molecule has 0 spiro atoms. The van der Waals surface area contributed by atoms with Crippen LogP contribution in [0.15, 0.2) is 34.9 Å². The van der Waals surface area contributed by atoms with Crippen molar-refractivity contribution < 1.29 is 14.1 Å². The number of nitrogens with one attached hydrogen (secondary N) is 1. The van der Waals surface area contributed by atoms with Crippen molar-refractivity contribution in [3.05, 3.63) is 35.9 Å². The lowest BCUT2D eigenvalue weighted by Crippen LogP contribution is -2.41. The quantitative estimate of drug-likeness (QED) is 0.825. The van der Waals surface area contributed by atoms with Crippen molar-refractivity contribution in [1.82, 2.24) is 15.4 Å². The Labute approximate surface area is 176 Å². The van der Waals surface area contributed by atoms with Crippen molar-refractivity contribution >= 4 is 24.1 Å². The molecule has 8 heteroatoms. The largest absolute Gasteiger partial charge is 0.378 e. The molecule has 5 heterocycles. The van der Waals surface area contributed by atoms with Crippen LogP contribution in [0, 0.1) is 5.92 Å². The molecule has 4 saturated heterocycles. The average Bonchev–Trinajstić information content (AvgIpc) is 2.97. The van der Waals surface area contributed by atoms with Crippen LogP contribution in [0.3, 0.4) is 0 Å². The van der Waals surface area contributed by atoms with Gasteiger partial charge in [-0.15, -0.1) is 12.4 Å². The zero-order chi connectivity index (χ0) is 18.9. The van der Waals surface area contributed by atoms with E-state index in [2.05, 4.69) is 15.4 Å². The summed E-state index contributed by atoms with van der Waals surface area (Å²) in [4.78, 5) is 17.8. The van der Waals surface area contributed by atoms with Gasteiger partial charge in [-0.25, -0.2) is 0 Å². The van der Waals surface area contributed by atoms with Gasteiger partial charge in [0.15, 0.2) is 11.6 Å². The van der Waals surface area contributed by atoms with E-state index in [4.69, 9.17) is 9.26 Å². The molecule has 0 aliphatic carbocycles. The van der Waals surface area contributed by atoms with Gasteiger partial charge in [-0.05, 0) is 25.3 Å². The summed E-state index contributed by atoms with van der Waals surface area (Å²) in [6.07, 6.45) is 2.33. The Morgan fingerprint density at radius 2 is 1.90 bits per heavy atom. The minimum atomic E-state index is 0. The van der Waals surface area contributed by atoms with Crippen LogP contribution in [0.4, 0.5) is 5.82 Å². The van der Waals surface area contributed by atoms with Crippen LogP contribution in [-0.4, -0.2) is 67.9 Å². The van der Waals surface area contributed by atoms with Crippen molar-refractivity contribution in [1.29, 1.82) is 0 Å². The predicted octanol–water partition coefficient (Wildman–Crippen LogP) is 2.42. The van der Waals surface area contributed by atoms with Crippen molar-refractivity contribution in [2.24, 2.45) is 5.92 Å². The number of rotatable bonds is 3. The molecule has 0 radical (unpaired) electrons. The lowest BCUT2D eigenvalue weighted by molar-refractivity contribution is 0.0748. The van der Waals surface area contributed by atoms with Gasteiger partial charge < -0.3 is 24.4 Å². The molecule has 1 amide bonds. The number of piperidine rings is 1. The van der Waals surface area contributed by atoms with Crippen LogP contribution in [0.5, 0.6) is 0 Å². The minimum Gasteiger partial charge on any atom is -0.378 e. The number of nitrogens with zero attached hydrogens (tertiary/aromatic N) is 3. The van der Waals surface area contributed by atoms with E-state index >= 15 is 0 Å². The van der Waals surface area contributed by atoms with Crippen molar-refractivity contribution in [2.45, 2.75) is 18.9 Å². The topological polar surface area (TPSA) is 70.8 Å². The SMILES string of the molecule is Cl.O=C(c1c(N2CCOCC2)noc1-c1ccccc1)N1C[C@H]2CC[C@@H](C1)NC2. The number of hydrogen-bond acceptors (Lipinski definition) is 6. The molecule has 0 saturated carbocycles. The normalized spacial score (nSPS) is 24.1. The fraction of sp³-hybridized carbons (Fsp3) is 0.524. The number of fused-ring (bicyclic) bond motifs is 4. The third-order valence-electron chi connectivity index (χ3n) is 6.06. The number of benzene rings is 1. The van der Waals surface area contributed by atoms with E-state index in [0.717, 1.165) is 31.6 Å². The molecule has 0 unspecified atom stereocenters.